The van der Waals surface area contributed by atoms with Crippen molar-refractivity contribution in [2.24, 2.45) is 5.41 Å². The Labute approximate surface area is 224 Å². The van der Waals surface area contributed by atoms with E-state index >= 15 is 0 Å². The number of fused-ring (bicyclic) bond motifs is 1. The molecule has 1 N–H and O–H groups in total. The lowest BCUT2D eigenvalue weighted by Gasteiger charge is -2.31. The second-order valence-corrected chi connectivity index (χ2v) is 11.9. The lowest BCUT2D eigenvalue weighted by Crippen LogP contribution is -2.39. The Hall–Kier alpha value is -3.62. The predicted octanol–water partition coefficient (Wildman–Crippen LogP) is 3.74. The van der Waals surface area contributed by atoms with Crippen molar-refractivity contribution in [1.82, 2.24) is 19.7 Å². The molecule has 4 heterocycles. The molecule has 1 aromatic carbocycles. The van der Waals surface area contributed by atoms with E-state index in [4.69, 9.17) is 4.74 Å². The zero-order chi connectivity index (χ0) is 26.9. The number of pyridine rings is 1. The molecule has 202 valence electrons. The summed E-state index contributed by atoms with van der Waals surface area (Å²) in [6, 6.07) is 9.85. The van der Waals surface area contributed by atoms with Gasteiger partial charge in [0.15, 0.2) is 0 Å². The fourth-order valence-corrected chi connectivity index (χ4v) is 5.67. The summed E-state index contributed by atoms with van der Waals surface area (Å²) in [4.78, 5) is 46.6. The van der Waals surface area contributed by atoms with Gasteiger partial charge in [-0.2, -0.15) is 0 Å². The minimum atomic E-state index is -0.523. The van der Waals surface area contributed by atoms with E-state index in [0.717, 1.165) is 74.2 Å². The molecule has 38 heavy (non-hydrogen) atoms. The Morgan fingerprint density at radius 1 is 1.05 bits per heavy atom. The maximum Gasteiger partial charge on any atom is 0.410 e. The fourth-order valence-electron chi connectivity index (χ4n) is 5.67. The number of carbonyl (C=O) groups excluding carboxylic acids is 3. The van der Waals surface area contributed by atoms with Crippen LogP contribution in [-0.4, -0.2) is 76.4 Å². The van der Waals surface area contributed by atoms with E-state index in [1.165, 1.54) is 0 Å². The molecule has 1 aromatic heterocycles. The van der Waals surface area contributed by atoms with Crippen molar-refractivity contribution >= 4 is 29.9 Å². The third-order valence-electron chi connectivity index (χ3n) is 7.74. The van der Waals surface area contributed by atoms with E-state index in [1.54, 1.807) is 4.90 Å². The Kier molecular flexibility index (Phi) is 7.03. The van der Waals surface area contributed by atoms with Gasteiger partial charge in [0, 0.05) is 56.6 Å². The van der Waals surface area contributed by atoms with Gasteiger partial charge in [0.05, 0.1) is 6.42 Å². The molecule has 2 fully saturated rings. The van der Waals surface area contributed by atoms with Crippen LogP contribution in [0.5, 0.6) is 0 Å². The third-order valence-corrected chi connectivity index (χ3v) is 7.74. The Morgan fingerprint density at radius 3 is 2.53 bits per heavy atom. The van der Waals surface area contributed by atoms with Gasteiger partial charge in [0.1, 0.15) is 11.4 Å². The molecule has 3 aliphatic rings. The first-order valence-electron chi connectivity index (χ1n) is 13.4. The number of benzene rings is 1. The summed E-state index contributed by atoms with van der Waals surface area (Å²) in [5.41, 5.74) is 3.61. The minimum Gasteiger partial charge on any atom is -0.444 e. The van der Waals surface area contributed by atoms with Crippen LogP contribution < -0.4 is 5.32 Å². The van der Waals surface area contributed by atoms with Crippen LogP contribution in [0.3, 0.4) is 0 Å². The molecule has 0 radical (unpaired) electrons. The second kappa shape index (κ2) is 10.3. The van der Waals surface area contributed by atoms with Crippen LogP contribution in [0, 0.1) is 5.41 Å². The van der Waals surface area contributed by atoms with E-state index in [9.17, 15) is 14.4 Å². The van der Waals surface area contributed by atoms with Gasteiger partial charge < -0.3 is 24.8 Å². The monoisotopic (exact) mass is 519 g/mol. The number of hydrogen-bond acceptors (Lipinski definition) is 6. The Morgan fingerprint density at radius 2 is 1.82 bits per heavy atom. The standard InChI is InChI=1S/C29H37N5O4/c1-28(2,3)38-27(37)33-11-8-22-16-30-25(15-23(22)17-33)31-24-6-4-21(5-7-24)14-26(36)34-13-10-29(19-34)9-12-32(18-29)20-35/h4-7,15-16,20H,8-14,17-19H2,1-3H3,(H,30,31). The summed E-state index contributed by atoms with van der Waals surface area (Å²) < 4.78 is 5.54. The highest BCUT2D eigenvalue weighted by molar-refractivity contribution is 5.79. The van der Waals surface area contributed by atoms with Crippen molar-refractivity contribution in [3.63, 3.8) is 0 Å². The van der Waals surface area contributed by atoms with Gasteiger partial charge in [-0.1, -0.05) is 12.1 Å². The highest BCUT2D eigenvalue weighted by atomic mass is 16.6. The van der Waals surface area contributed by atoms with Crippen LogP contribution in [0.2, 0.25) is 0 Å². The highest BCUT2D eigenvalue weighted by Gasteiger charge is 2.44. The normalized spacial score (nSPS) is 21.0. The number of likely N-dealkylation sites (tertiary alicyclic amines) is 2. The summed E-state index contributed by atoms with van der Waals surface area (Å²) in [5, 5.41) is 3.34. The third kappa shape index (κ3) is 5.92. The van der Waals surface area contributed by atoms with E-state index < -0.39 is 5.60 Å². The topological polar surface area (TPSA) is 95.1 Å². The zero-order valence-electron chi connectivity index (χ0n) is 22.5. The van der Waals surface area contributed by atoms with Crippen molar-refractivity contribution in [3.8, 4) is 0 Å². The van der Waals surface area contributed by atoms with Crippen molar-refractivity contribution in [3.05, 3.63) is 53.2 Å². The number of ether oxygens (including phenoxy) is 1. The van der Waals surface area contributed by atoms with Crippen LogP contribution in [0.4, 0.5) is 16.3 Å². The SMILES string of the molecule is CC(C)(C)OC(=O)N1CCc2cnc(Nc3ccc(CC(=O)N4CCC5(CCN(C=O)C5)C4)cc3)cc2C1. The first-order chi connectivity index (χ1) is 18.1. The maximum atomic E-state index is 12.9. The number of rotatable bonds is 5. The van der Waals surface area contributed by atoms with Crippen molar-refractivity contribution in [2.75, 3.05) is 38.0 Å². The number of carbonyl (C=O) groups is 3. The van der Waals surface area contributed by atoms with Crippen LogP contribution >= 0.6 is 0 Å². The molecule has 0 bridgehead atoms. The lowest BCUT2D eigenvalue weighted by molar-refractivity contribution is -0.129. The molecule has 9 heteroatoms. The first-order valence-corrected chi connectivity index (χ1v) is 13.4. The van der Waals surface area contributed by atoms with Crippen LogP contribution in [0.25, 0.3) is 0 Å². The second-order valence-electron chi connectivity index (χ2n) is 11.9. The number of hydrogen-bond donors (Lipinski definition) is 1. The number of nitrogens with zero attached hydrogens (tertiary/aromatic N) is 4. The largest absolute Gasteiger partial charge is 0.444 e. The van der Waals surface area contributed by atoms with Crippen molar-refractivity contribution < 1.29 is 19.1 Å². The summed E-state index contributed by atoms with van der Waals surface area (Å²) in [7, 11) is 0. The molecular formula is C29H37N5O4. The number of nitrogens with one attached hydrogen (secondary N) is 1. The molecule has 2 saturated heterocycles. The molecule has 1 unspecified atom stereocenters. The summed E-state index contributed by atoms with van der Waals surface area (Å²) >= 11 is 0. The van der Waals surface area contributed by atoms with E-state index in [-0.39, 0.29) is 17.4 Å². The molecule has 1 atom stereocenters. The summed E-state index contributed by atoms with van der Waals surface area (Å²) in [5.74, 6) is 0.847. The zero-order valence-corrected chi connectivity index (χ0v) is 22.5. The molecule has 5 rings (SSSR count). The van der Waals surface area contributed by atoms with Crippen LogP contribution in [0.1, 0.15) is 50.3 Å². The summed E-state index contributed by atoms with van der Waals surface area (Å²) in [6.07, 6.45) is 5.56. The van der Waals surface area contributed by atoms with E-state index in [0.29, 0.717) is 25.3 Å². The molecule has 3 aliphatic heterocycles. The smallest absolute Gasteiger partial charge is 0.410 e. The predicted molar refractivity (Wildman–Crippen MR) is 144 cm³/mol. The van der Waals surface area contributed by atoms with Gasteiger partial charge in [-0.25, -0.2) is 9.78 Å². The molecule has 0 aliphatic carbocycles. The Bertz CT molecular complexity index is 1210. The van der Waals surface area contributed by atoms with Crippen molar-refractivity contribution in [2.45, 2.75) is 58.6 Å². The van der Waals surface area contributed by atoms with Gasteiger partial charge in [0.25, 0.3) is 0 Å². The highest BCUT2D eigenvalue weighted by Crippen LogP contribution is 2.39. The number of anilines is 2. The van der Waals surface area contributed by atoms with Gasteiger partial charge in [-0.05, 0) is 74.9 Å². The quantitative estimate of drug-likeness (QED) is 0.605. The summed E-state index contributed by atoms with van der Waals surface area (Å²) in [6.45, 7) is 9.79. The van der Waals surface area contributed by atoms with Crippen LogP contribution in [0.15, 0.2) is 36.5 Å². The van der Waals surface area contributed by atoms with Gasteiger partial charge >= 0.3 is 6.09 Å². The average molecular weight is 520 g/mol. The first kappa shape index (κ1) is 26.0. The van der Waals surface area contributed by atoms with Crippen LogP contribution in [-0.2, 0) is 33.7 Å². The van der Waals surface area contributed by atoms with Gasteiger partial charge in [0.2, 0.25) is 12.3 Å². The number of amides is 3. The molecule has 1 spiro atoms. The van der Waals surface area contributed by atoms with E-state index in [1.807, 2.05) is 67.1 Å². The van der Waals surface area contributed by atoms with Gasteiger partial charge in [-0.3, -0.25) is 9.59 Å². The minimum absolute atomic E-state index is 0.0795. The molecule has 9 nitrogen and oxygen atoms in total. The molecule has 3 amide bonds. The average Bonchev–Trinajstić information content (AvgIpc) is 3.50. The van der Waals surface area contributed by atoms with Gasteiger partial charge in [-0.15, -0.1) is 0 Å². The Balaban J connectivity index is 1.16. The molecular weight excluding hydrogens is 482 g/mol. The van der Waals surface area contributed by atoms with E-state index in [2.05, 4.69) is 10.3 Å². The molecule has 0 saturated carbocycles. The maximum absolute atomic E-state index is 12.9. The molecule has 2 aromatic rings. The fraction of sp³-hybridized carbons (Fsp3) is 0.517. The van der Waals surface area contributed by atoms with Crippen molar-refractivity contribution in [1.29, 1.82) is 0 Å². The lowest BCUT2D eigenvalue weighted by atomic mass is 9.86. The number of aromatic nitrogens is 1.